The fourth-order valence-electron chi connectivity index (χ4n) is 9.54. The van der Waals surface area contributed by atoms with Gasteiger partial charge in [-0.05, 0) is 86.4 Å². The zero-order valence-corrected chi connectivity index (χ0v) is 29.9. The lowest BCUT2D eigenvalue weighted by molar-refractivity contribution is -0.145. The van der Waals surface area contributed by atoms with E-state index in [-0.39, 0.29) is 59.1 Å². The lowest BCUT2D eigenvalue weighted by Crippen LogP contribution is -2.61. The van der Waals surface area contributed by atoms with Crippen LogP contribution in [0, 0.1) is 47.3 Å². The van der Waals surface area contributed by atoms with Crippen LogP contribution in [0.5, 0.6) is 0 Å². The lowest BCUT2D eigenvalue weighted by atomic mass is 9.60. The number of likely N-dealkylation sites (tertiary alicyclic amines) is 1. The summed E-state index contributed by atoms with van der Waals surface area (Å²) < 4.78 is 0. The molecule has 4 unspecified atom stereocenters. The van der Waals surface area contributed by atoms with E-state index in [0.29, 0.717) is 18.9 Å². The number of carbonyl (C=O) groups excluding carboxylic acids is 6. The van der Waals surface area contributed by atoms with Crippen LogP contribution in [0.2, 0.25) is 0 Å². The molecule has 272 valence electrons. The van der Waals surface area contributed by atoms with Crippen LogP contribution in [-0.4, -0.2) is 86.9 Å². The summed E-state index contributed by atoms with van der Waals surface area (Å²) >= 11 is 0. The average Bonchev–Trinajstić information content (AvgIpc) is 3.56. The summed E-state index contributed by atoms with van der Waals surface area (Å²) in [4.78, 5) is 92.4. The second-order valence-corrected chi connectivity index (χ2v) is 15.9. The van der Waals surface area contributed by atoms with Crippen LogP contribution < -0.4 is 21.3 Å². The van der Waals surface area contributed by atoms with Gasteiger partial charge in [0.1, 0.15) is 29.9 Å². The molecule has 4 N–H and O–H groups in total. The Bertz CT molecular complexity index is 1480. The molecule has 1 aromatic heterocycles. The minimum Gasteiger partial charge on any atom is -0.347 e. The Balaban J connectivity index is 1.24. The highest BCUT2D eigenvalue weighted by molar-refractivity contribution is 6.38. The Kier molecular flexibility index (Phi) is 10.6. The van der Waals surface area contributed by atoms with Crippen LogP contribution in [0.25, 0.3) is 0 Å². The second-order valence-electron chi connectivity index (χ2n) is 15.9. The first-order valence-corrected chi connectivity index (χ1v) is 18.7. The number of nitrogens with zero attached hydrogens (tertiary/aromatic N) is 3. The van der Waals surface area contributed by atoms with E-state index in [0.717, 1.165) is 44.9 Å². The van der Waals surface area contributed by atoms with Gasteiger partial charge in [0.2, 0.25) is 23.5 Å². The minimum atomic E-state index is -0.941. The van der Waals surface area contributed by atoms with Gasteiger partial charge in [0.05, 0.1) is 6.20 Å². The maximum Gasteiger partial charge on any atom is 0.289 e. The highest BCUT2D eigenvalue weighted by Gasteiger charge is 2.66. The van der Waals surface area contributed by atoms with Gasteiger partial charge in [-0.1, -0.05) is 47.0 Å². The van der Waals surface area contributed by atoms with E-state index in [4.69, 9.17) is 0 Å². The molecular weight excluding hydrogens is 638 g/mol. The molecule has 0 radical (unpaired) electrons. The van der Waals surface area contributed by atoms with Gasteiger partial charge in [0.15, 0.2) is 0 Å². The molecule has 3 aliphatic carbocycles. The highest BCUT2D eigenvalue weighted by atomic mass is 16.2. The van der Waals surface area contributed by atoms with Crippen molar-refractivity contribution in [3.63, 3.8) is 0 Å². The molecule has 0 bridgehead atoms. The Morgan fingerprint density at radius 1 is 0.940 bits per heavy atom. The van der Waals surface area contributed by atoms with E-state index in [1.54, 1.807) is 4.90 Å². The molecule has 3 saturated carbocycles. The maximum absolute atomic E-state index is 14.7. The van der Waals surface area contributed by atoms with Crippen molar-refractivity contribution in [3.05, 3.63) is 24.3 Å². The maximum atomic E-state index is 14.7. The van der Waals surface area contributed by atoms with Crippen molar-refractivity contribution in [2.45, 2.75) is 116 Å². The van der Waals surface area contributed by atoms with Crippen LogP contribution >= 0.6 is 0 Å². The van der Waals surface area contributed by atoms with Gasteiger partial charge in [0.25, 0.3) is 11.8 Å². The normalized spacial score (nSPS) is 30.9. The molecule has 13 heteroatoms. The third-order valence-electron chi connectivity index (χ3n) is 12.7. The number of carbonyl (C=O) groups is 6. The predicted molar refractivity (Wildman–Crippen MR) is 183 cm³/mol. The number of rotatable bonds is 12. The molecule has 2 aliphatic heterocycles. The van der Waals surface area contributed by atoms with Gasteiger partial charge in [-0.25, -0.2) is 4.98 Å². The van der Waals surface area contributed by atoms with Crippen LogP contribution in [0.1, 0.15) is 96.5 Å². The van der Waals surface area contributed by atoms with E-state index in [2.05, 4.69) is 31.2 Å². The van der Waals surface area contributed by atoms with Crippen molar-refractivity contribution >= 4 is 35.3 Å². The molecule has 13 nitrogen and oxygen atoms in total. The minimum absolute atomic E-state index is 0.0167. The fourth-order valence-corrected chi connectivity index (χ4v) is 9.54. The lowest BCUT2D eigenvalue weighted by Gasteiger charge is -2.45. The van der Waals surface area contributed by atoms with E-state index < -0.39 is 53.6 Å². The third kappa shape index (κ3) is 6.76. The van der Waals surface area contributed by atoms with Crippen molar-refractivity contribution in [2.24, 2.45) is 47.3 Å². The Morgan fingerprint density at radius 3 is 2.34 bits per heavy atom. The molecule has 2 saturated heterocycles. The summed E-state index contributed by atoms with van der Waals surface area (Å²) in [5.74, 6) is -3.08. The molecule has 3 heterocycles. The first kappa shape index (κ1) is 35.9. The summed E-state index contributed by atoms with van der Waals surface area (Å²) in [5.41, 5.74) is 0.106. The second kappa shape index (κ2) is 14.8. The molecule has 11 atom stereocenters. The number of aromatic nitrogens is 2. The summed E-state index contributed by atoms with van der Waals surface area (Å²) in [7, 11) is 0. The van der Waals surface area contributed by atoms with E-state index in [1.165, 1.54) is 18.6 Å². The standard InChI is InChI=1S/C37H53N7O6/c1-6-19(4)40-36(49)32(45)30-24-15-22-14-23-17-44(31(35(48)43-30)27(23)26(22)24)37(50)28(20(5)18(2)3)41-34(47)29(21-10-8-7-9-11-21)42-33(46)25-16-38-12-13-39-25/h12-13,16,18-24,26-31H,6-11,14-15,17H2,1-5H3,(H,40,49)(H,41,47)(H,42,46)(H,43,48)/t19-,20?,22?,23-,24?,26?,27+,28-,29-,30-,31-/m0/s1. The van der Waals surface area contributed by atoms with E-state index in [1.807, 2.05) is 34.6 Å². The van der Waals surface area contributed by atoms with Crippen molar-refractivity contribution in [3.8, 4) is 0 Å². The molecule has 5 aliphatic rings. The SMILES string of the molecule is CC[C@H](C)NC(=O)C(=O)[C@H]1NC(=O)[C@@H]2[C@H]3C4C(CC41)C[C@H]3CN2C(=O)[C@@H](NC(=O)[C@@H](NC(=O)c1cnccn1)C1CCCCC1)C(C)C(C)C. The molecule has 0 spiro atoms. The number of Topliss-reactive ketones (excluding diaryl/α,β-unsaturated/α-hetero) is 1. The van der Waals surface area contributed by atoms with Crippen molar-refractivity contribution in [2.75, 3.05) is 6.54 Å². The number of amides is 5. The van der Waals surface area contributed by atoms with E-state index >= 15 is 0 Å². The van der Waals surface area contributed by atoms with Crippen molar-refractivity contribution in [1.82, 2.24) is 36.1 Å². The number of nitrogens with one attached hydrogen (secondary N) is 4. The topological polar surface area (TPSA) is 180 Å². The first-order valence-electron chi connectivity index (χ1n) is 18.7. The summed E-state index contributed by atoms with van der Waals surface area (Å²) in [6, 6.07) is -3.69. The molecule has 6 rings (SSSR count). The quantitative estimate of drug-likeness (QED) is 0.241. The van der Waals surface area contributed by atoms with Gasteiger partial charge in [-0.3, -0.25) is 33.8 Å². The van der Waals surface area contributed by atoms with Crippen molar-refractivity contribution < 1.29 is 28.8 Å². The third-order valence-corrected chi connectivity index (χ3v) is 12.7. The van der Waals surface area contributed by atoms with Crippen LogP contribution in [0.15, 0.2) is 18.6 Å². The number of ketones is 1. The highest BCUT2D eigenvalue weighted by Crippen LogP contribution is 2.62. The van der Waals surface area contributed by atoms with Crippen LogP contribution in [0.4, 0.5) is 0 Å². The number of hydrogen-bond acceptors (Lipinski definition) is 8. The molecule has 5 amide bonds. The van der Waals surface area contributed by atoms with Crippen molar-refractivity contribution in [1.29, 1.82) is 0 Å². The molecule has 5 fully saturated rings. The Morgan fingerprint density at radius 2 is 1.68 bits per heavy atom. The summed E-state index contributed by atoms with van der Waals surface area (Å²) in [6.07, 6.45) is 11.1. The predicted octanol–water partition coefficient (Wildman–Crippen LogP) is 2.01. The number of hydrogen-bond donors (Lipinski definition) is 4. The molecule has 0 aromatic carbocycles. The zero-order valence-electron chi connectivity index (χ0n) is 29.9. The molecular formula is C37H53N7O6. The fraction of sp³-hybridized carbons (Fsp3) is 0.730. The molecule has 1 aromatic rings. The zero-order chi connectivity index (χ0) is 35.9. The molecule has 50 heavy (non-hydrogen) atoms. The first-order chi connectivity index (χ1) is 23.9. The Labute approximate surface area is 294 Å². The van der Waals surface area contributed by atoms with Gasteiger partial charge in [0, 0.05) is 25.0 Å². The largest absolute Gasteiger partial charge is 0.347 e. The average molecular weight is 692 g/mol. The van der Waals surface area contributed by atoms with Crippen LogP contribution in [0.3, 0.4) is 0 Å². The monoisotopic (exact) mass is 691 g/mol. The Hall–Kier alpha value is -3.90. The van der Waals surface area contributed by atoms with Gasteiger partial charge in [-0.2, -0.15) is 0 Å². The van der Waals surface area contributed by atoms with Gasteiger partial charge < -0.3 is 26.2 Å². The smallest absolute Gasteiger partial charge is 0.289 e. The summed E-state index contributed by atoms with van der Waals surface area (Å²) in [5, 5.41) is 11.6. The van der Waals surface area contributed by atoms with E-state index in [9.17, 15) is 28.8 Å². The summed E-state index contributed by atoms with van der Waals surface area (Å²) in [6.45, 7) is 10.1. The van der Waals surface area contributed by atoms with Gasteiger partial charge in [-0.15, -0.1) is 0 Å². The van der Waals surface area contributed by atoms with Crippen LogP contribution in [-0.2, 0) is 24.0 Å². The van der Waals surface area contributed by atoms with Gasteiger partial charge >= 0.3 is 0 Å².